The van der Waals surface area contributed by atoms with E-state index in [1.165, 1.54) is 0 Å². The molecule has 2 aliphatic rings. The van der Waals surface area contributed by atoms with Gasteiger partial charge in [0, 0.05) is 54.9 Å². The predicted octanol–water partition coefficient (Wildman–Crippen LogP) is 4.29. The molecule has 2 aromatic rings. The Morgan fingerprint density at radius 1 is 1.06 bits per heavy atom. The van der Waals surface area contributed by atoms with E-state index in [0.29, 0.717) is 41.2 Å². The largest absolute Gasteiger partial charge is 0.444 e. The van der Waals surface area contributed by atoms with Gasteiger partial charge in [-0.25, -0.2) is 4.79 Å². The molecule has 0 saturated carbocycles. The summed E-state index contributed by atoms with van der Waals surface area (Å²) in [5.41, 5.74) is 1.61. The normalized spacial score (nSPS) is 20.5. The van der Waals surface area contributed by atoms with Crippen LogP contribution in [0.4, 0.5) is 16.2 Å². The van der Waals surface area contributed by atoms with E-state index in [0.717, 1.165) is 18.8 Å². The molecule has 164 valence electrons. The Balaban J connectivity index is 1.37. The SMILES string of the molecule is CC(C)(C)OC(=O)N1CC2CN(c3cncc(C(=O)Nc4ccc(Cl)cc4)c3)CC2C1. The third-order valence-electron chi connectivity index (χ3n) is 5.59. The van der Waals surface area contributed by atoms with Crippen LogP contribution in [0.5, 0.6) is 0 Å². The average Bonchev–Trinajstić information content (AvgIpc) is 3.28. The van der Waals surface area contributed by atoms with Crippen LogP contribution in [0.15, 0.2) is 42.7 Å². The average molecular weight is 443 g/mol. The van der Waals surface area contributed by atoms with E-state index in [4.69, 9.17) is 16.3 Å². The molecule has 0 aliphatic carbocycles. The molecule has 1 aromatic heterocycles. The van der Waals surface area contributed by atoms with Crippen molar-refractivity contribution in [3.05, 3.63) is 53.3 Å². The number of hydrogen-bond acceptors (Lipinski definition) is 5. The van der Waals surface area contributed by atoms with E-state index in [1.807, 2.05) is 31.7 Å². The minimum Gasteiger partial charge on any atom is -0.444 e. The van der Waals surface area contributed by atoms with Crippen LogP contribution < -0.4 is 10.2 Å². The maximum Gasteiger partial charge on any atom is 0.410 e. The molecule has 1 aromatic carbocycles. The molecular formula is C23H27ClN4O3. The molecule has 0 bridgehead atoms. The van der Waals surface area contributed by atoms with Gasteiger partial charge in [-0.1, -0.05) is 11.6 Å². The van der Waals surface area contributed by atoms with Crippen LogP contribution in [-0.2, 0) is 4.74 Å². The Morgan fingerprint density at radius 2 is 1.71 bits per heavy atom. The number of anilines is 2. The van der Waals surface area contributed by atoms with Crippen molar-refractivity contribution in [3.8, 4) is 0 Å². The fraction of sp³-hybridized carbons (Fsp3) is 0.435. The Labute approximate surface area is 187 Å². The molecule has 2 unspecified atom stereocenters. The first-order chi connectivity index (χ1) is 14.7. The molecule has 2 fully saturated rings. The molecule has 2 amide bonds. The van der Waals surface area contributed by atoms with E-state index in [-0.39, 0.29) is 12.0 Å². The van der Waals surface area contributed by atoms with Crippen LogP contribution >= 0.6 is 11.6 Å². The number of nitrogens with zero attached hydrogens (tertiary/aromatic N) is 3. The maximum atomic E-state index is 12.6. The summed E-state index contributed by atoms with van der Waals surface area (Å²) in [6.45, 7) is 8.69. The Kier molecular flexibility index (Phi) is 5.79. The van der Waals surface area contributed by atoms with Gasteiger partial charge in [0.05, 0.1) is 17.4 Å². The van der Waals surface area contributed by atoms with Crippen LogP contribution in [0.2, 0.25) is 5.02 Å². The number of likely N-dealkylation sites (tertiary alicyclic amines) is 1. The van der Waals surface area contributed by atoms with Crippen LogP contribution in [0.3, 0.4) is 0 Å². The molecular weight excluding hydrogens is 416 g/mol. The zero-order chi connectivity index (χ0) is 22.2. The van der Waals surface area contributed by atoms with Gasteiger partial charge in [0.15, 0.2) is 0 Å². The van der Waals surface area contributed by atoms with Crippen molar-refractivity contribution in [3.63, 3.8) is 0 Å². The number of rotatable bonds is 3. The minimum absolute atomic E-state index is 0.216. The van der Waals surface area contributed by atoms with Gasteiger partial charge in [0.1, 0.15) is 5.60 Å². The van der Waals surface area contributed by atoms with Gasteiger partial charge >= 0.3 is 6.09 Å². The molecule has 3 heterocycles. The summed E-state index contributed by atoms with van der Waals surface area (Å²) in [4.78, 5) is 33.3. The quantitative estimate of drug-likeness (QED) is 0.767. The number of hydrogen-bond donors (Lipinski definition) is 1. The Bertz CT molecular complexity index is 960. The first-order valence-electron chi connectivity index (χ1n) is 10.4. The van der Waals surface area contributed by atoms with E-state index in [1.54, 1.807) is 36.7 Å². The molecule has 2 aliphatic heterocycles. The first-order valence-corrected chi connectivity index (χ1v) is 10.8. The number of fused-ring (bicyclic) bond motifs is 1. The molecule has 7 nitrogen and oxygen atoms in total. The highest BCUT2D eigenvalue weighted by molar-refractivity contribution is 6.30. The predicted molar refractivity (Wildman–Crippen MR) is 121 cm³/mol. The summed E-state index contributed by atoms with van der Waals surface area (Å²) in [7, 11) is 0. The number of aromatic nitrogens is 1. The van der Waals surface area contributed by atoms with E-state index >= 15 is 0 Å². The van der Waals surface area contributed by atoms with Crippen LogP contribution in [0.25, 0.3) is 0 Å². The smallest absolute Gasteiger partial charge is 0.410 e. The van der Waals surface area contributed by atoms with Gasteiger partial charge in [-0.05, 0) is 51.1 Å². The number of ether oxygens (including phenoxy) is 1. The van der Waals surface area contributed by atoms with Gasteiger partial charge in [-0.15, -0.1) is 0 Å². The van der Waals surface area contributed by atoms with Gasteiger partial charge in [-0.3, -0.25) is 9.78 Å². The lowest BCUT2D eigenvalue weighted by molar-refractivity contribution is 0.0282. The molecule has 0 spiro atoms. The van der Waals surface area contributed by atoms with Gasteiger partial charge < -0.3 is 19.9 Å². The van der Waals surface area contributed by atoms with Crippen molar-refractivity contribution in [1.29, 1.82) is 0 Å². The lowest BCUT2D eigenvalue weighted by atomic mass is 10.0. The second kappa shape index (κ2) is 8.38. The third-order valence-corrected chi connectivity index (χ3v) is 5.84. The molecule has 4 rings (SSSR count). The Hall–Kier alpha value is -2.80. The van der Waals surface area contributed by atoms with Crippen molar-refractivity contribution in [2.24, 2.45) is 11.8 Å². The standard InChI is InChI=1S/C23H27ClN4O3/c1-23(2,3)31-22(30)28-13-16-11-27(12-17(16)14-28)20-8-15(9-25-10-20)21(29)26-19-6-4-18(24)5-7-19/h4-10,16-17H,11-14H2,1-3H3,(H,26,29). The highest BCUT2D eigenvalue weighted by Gasteiger charge is 2.42. The minimum atomic E-state index is -0.487. The molecule has 0 radical (unpaired) electrons. The fourth-order valence-electron chi connectivity index (χ4n) is 4.14. The zero-order valence-electron chi connectivity index (χ0n) is 18.0. The summed E-state index contributed by atoms with van der Waals surface area (Å²) >= 11 is 5.90. The molecule has 2 atom stereocenters. The highest BCUT2D eigenvalue weighted by atomic mass is 35.5. The number of amides is 2. The van der Waals surface area contributed by atoms with Gasteiger partial charge in [-0.2, -0.15) is 0 Å². The summed E-state index contributed by atoms with van der Waals surface area (Å²) < 4.78 is 5.51. The zero-order valence-corrected chi connectivity index (χ0v) is 18.7. The third kappa shape index (κ3) is 5.10. The summed E-state index contributed by atoms with van der Waals surface area (Å²) in [5, 5.41) is 3.48. The van der Waals surface area contributed by atoms with Crippen LogP contribution in [0, 0.1) is 11.8 Å². The van der Waals surface area contributed by atoms with E-state index in [9.17, 15) is 9.59 Å². The number of halogens is 1. The lowest BCUT2D eigenvalue weighted by Gasteiger charge is -2.26. The molecule has 31 heavy (non-hydrogen) atoms. The lowest BCUT2D eigenvalue weighted by Crippen LogP contribution is -2.37. The van der Waals surface area contributed by atoms with Crippen molar-refractivity contribution in [2.75, 3.05) is 36.4 Å². The topological polar surface area (TPSA) is 74.8 Å². The van der Waals surface area contributed by atoms with Crippen molar-refractivity contribution >= 4 is 35.0 Å². The van der Waals surface area contributed by atoms with Crippen LogP contribution in [0.1, 0.15) is 31.1 Å². The number of pyridine rings is 1. The van der Waals surface area contributed by atoms with Crippen molar-refractivity contribution in [1.82, 2.24) is 9.88 Å². The first kappa shape index (κ1) is 21.4. The molecule has 2 saturated heterocycles. The van der Waals surface area contributed by atoms with Gasteiger partial charge in [0.25, 0.3) is 5.91 Å². The number of carbonyl (C=O) groups excluding carboxylic acids is 2. The van der Waals surface area contributed by atoms with Gasteiger partial charge in [0.2, 0.25) is 0 Å². The van der Waals surface area contributed by atoms with E-state index in [2.05, 4.69) is 15.2 Å². The molecule has 8 heteroatoms. The summed E-state index contributed by atoms with van der Waals surface area (Å²) in [6.07, 6.45) is 3.11. The Morgan fingerprint density at radius 3 is 2.32 bits per heavy atom. The van der Waals surface area contributed by atoms with Crippen molar-refractivity contribution in [2.45, 2.75) is 26.4 Å². The number of carbonyl (C=O) groups is 2. The second-order valence-corrected chi connectivity index (χ2v) is 9.64. The van der Waals surface area contributed by atoms with Crippen molar-refractivity contribution < 1.29 is 14.3 Å². The molecule has 1 N–H and O–H groups in total. The summed E-state index contributed by atoms with van der Waals surface area (Å²) in [5.74, 6) is 0.560. The number of benzene rings is 1. The summed E-state index contributed by atoms with van der Waals surface area (Å²) in [6, 6.07) is 8.85. The van der Waals surface area contributed by atoms with E-state index < -0.39 is 5.60 Å². The second-order valence-electron chi connectivity index (χ2n) is 9.20. The fourth-order valence-corrected chi connectivity index (χ4v) is 4.27. The van der Waals surface area contributed by atoms with Crippen LogP contribution in [-0.4, -0.2) is 53.7 Å². The highest BCUT2D eigenvalue weighted by Crippen LogP contribution is 2.34. The monoisotopic (exact) mass is 442 g/mol. The maximum absolute atomic E-state index is 12.6. The number of nitrogens with one attached hydrogen (secondary N) is 1.